The van der Waals surface area contributed by atoms with Gasteiger partial charge in [-0.15, -0.1) is 11.8 Å². The molecule has 0 unspecified atom stereocenters. The van der Waals surface area contributed by atoms with Crippen LogP contribution in [0.15, 0.2) is 41.3 Å². The fourth-order valence-corrected chi connectivity index (χ4v) is 2.44. The van der Waals surface area contributed by atoms with Gasteiger partial charge in [0.15, 0.2) is 0 Å². The van der Waals surface area contributed by atoms with Gasteiger partial charge in [0.05, 0.1) is 21.0 Å². The lowest BCUT2D eigenvalue weighted by Crippen LogP contribution is -1.99. The molecule has 0 bridgehead atoms. The Morgan fingerprint density at radius 3 is 2.67 bits per heavy atom. The van der Waals surface area contributed by atoms with Crippen LogP contribution in [-0.2, 0) is 4.79 Å². The minimum atomic E-state index is -0.998. The van der Waals surface area contributed by atoms with Gasteiger partial charge in [-0.2, -0.15) is 0 Å². The number of hydrogen-bond acceptors (Lipinski definition) is 4. The molecule has 0 radical (unpaired) electrons. The number of carboxylic acids is 1. The van der Waals surface area contributed by atoms with Crippen molar-refractivity contribution in [3.63, 3.8) is 0 Å². The van der Waals surface area contributed by atoms with Crippen molar-refractivity contribution in [2.75, 3.05) is 5.75 Å². The van der Waals surface area contributed by atoms with E-state index in [4.69, 9.17) is 5.11 Å². The number of nitro benzene ring substituents is 1. The second-order valence-corrected chi connectivity index (χ2v) is 4.59. The number of rotatable bonds is 4. The van der Waals surface area contributed by atoms with Crippen molar-refractivity contribution in [2.24, 2.45) is 0 Å². The predicted octanol–water partition coefficient (Wildman–Crippen LogP) is 2.92. The van der Waals surface area contributed by atoms with Crippen LogP contribution in [0, 0.1) is 10.1 Å². The Kier molecular flexibility index (Phi) is 3.47. The standard InChI is InChI=1S/C12H9NO4S/c14-11(15)7-18-10-6-5-8-3-1-2-4-9(8)12(10)13(16)17/h1-6H,7H2,(H,14,15). The third-order valence-electron chi connectivity index (χ3n) is 2.40. The van der Waals surface area contributed by atoms with E-state index in [0.717, 1.165) is 17.1 Å². The summed E-state index contributed by atoms with van der Waals surface area (Å²) in [5, 5.41) is 21.0. The van der Waals surface area contributed by atoms with Gasteiger partial charge in [0.25, 0.3) is 5.69 Å². The minimum absolute atomic E-state index is 0.0284. The monoisotopic (exact) mass is 263 g/mol. The average Bonchev–Trinajstić information content (AvgIpc) is 2.35. The summed E-state index contributed by atoms with van der Waals surface area (Å²) < 4.78 is 0. The zero-order chi connectivity index (χ0) is 13.1. The molecule has 0 aromatic heterocycles. The number of thioether (sulfide) groups is 1. The van der Waals surface area contributed by atoms with E-state index in [2.05, 4.69) is 0 Å². The molecule has 2 rings (SSSR count). The van der Waals surface area contributed by atoms with Crippen molar-refractivity contribution in [1.29, 1.82) is 0 Å². The van der Waals surface area contributed by atoms with Crippen LogP contribution in [0.2, 0.25) is 0 Å². The summed E-state index contributed by atoms with van der Waals surface area (Å²) in [6.07, 6.45) is 0. The molecule has 0 fully saturated rings. The maximum atomic E-state index is 11.1. The summed E-state index contributed by atoms with van der Waals surface area (Å²) in [4.78, 5) is 21.6. The van der Waals surface area contributed by atoms with Gasteiger partial charge in [-0.25, -0.2) is 0 Å². The minimum Gasteiger partial charge on any atom is -0.481 e. The number of hydrogen-bond donors (Lipinski definition) is 1. The third kappa shape index (κ3) is 2.43. The molecule has 1 N–H and O–H groups in total. The molecular formula is C12H9NO4S. The summed E-state index contributed by atoms with van der Waals surface area (Å²) in [5.74, 6) is -1.19. The Morgan fingerprint density at radius 2 is 2.00 bits per heavy atom. The molecule has 0 saturated heterocycles. The van der Waals surface area contributed by atoms with Gasteiger partial charge < -0.3 is 5.11 Å². The van der Waals surface area contributed by atoms with E-state index < -0.39 is 10.9 Å². The Balaban J connectivity index is 2.55. The molecular weight excluding hydrogens is 254 g/mol. The summed E-state index contributed by atoms with van der Waals surface area (Å²) in [6, 6.07) is 10.3. The topological polar surface area (TPSA) is 80.4 Å². The summed E-state index contributed by atoms with van der Waals surface area (Å²) >= 11 is 0.957. The smallest absolute Gasteiger partial charge is 0.313 e. The van der Waals surface area contributed by atoms with Gasteiger partial charge in [0.1, 0.15) is 0 Å². The Morgan fingerprint density at radius 1 is 1.28 bits per heavy atom. The first kappa shape index (κ1) is 12.4. The van der Waals surface area contributed by atoms with Gasteiger partial charge >= 0.3 is 5.97 Å². The first-order valence-corrected chi connectivity index (χ1v) is 6.09. The van der Waals surface area contributed by atoms with Crippen LogP contribution in [0.1, 0.15) is 0 Å². The fraction of sp³-hybridized carbons (Fsp3) is 0.0833. The van der Waals surface area contributed by atoms with Crippen molar-refractivity contribution in [3.8, 4) is 0 Å². The molecule has 2 aromatic carbocycles. The third-order valence-corrected chi connectivity index (χ3v) is 3.43. The van der Waals surface area contributed by atoms with Gasteiger partial charge in [0.2, 0.25) is 0 Å². The number of carbonyl (C=O) groups is 1. The van der Waals surface area contributed by atoms with E-state index in [1.54, 1.807) is 36.4 Å². The fourth-order valence-electron chi connectivity index (χ4n) is 1.68. The summed E-state index contributed by atoms with van der Waals surface area (Å²) in [6.45, 7) is 0. The normalized spacial score (nSPS) is 10.4. The van der Waals surface area contributed by atoms with Crippen LogP contribution < -0.4 is 0 Å². The Bertz CT molecular complexity index is 627. The van der Waals surface area contributed by atoms with E-state index in [9.17, 15) is 14.9 Å². The Labute approximate surface area is 107 Å². The predicted molar refractivity (Wildman–Crippen MR) is 69.0 cm³/mol. The molecule has 0 heterocycles. The quantitative estimate of drug-likeness (QED) is 0.521. The van der Waals surface area contributed by atoms with Gasteiger partial charge in [-0.3, -0.25) is 14.9 Å². The summed E-state index contributed by atoms with van der Waals surface area (Å²) in [7, 11) is 0. The molecule has 0 amide bonds. The molecule has 2 aromatic rings. The summed E-state index contributed by atoms with van der Waals surface area (Å²) in [5.41, 5.74) is -0.0284. The van der Waals surface area contributed by atoms with Crippen molar-refractivity contribution in [2.45, 2.75) is 4.90 Å². The molecule has 18 heavy (non-hydrogen) atoms. The number of nitro groups is 1. The van der Waals surface area contributed by atoms with Crippen molar-refractivity contribution in [1.82, 2.24) is 0 Å². The molecule has 5 nitrogen and oxygen atoms in total. The highest BCUT2D eigenvalue weighted by Gasteiger charge is 2.19. The molecule has 0 aliphatic carbocycles. The molecule has 0 aliphatic heterocycles. The number of nitrogens with zero attached hydrogens (tertiary/aromatic N) is 1. The highest BCUT2D eigenvalue weighted by Crippen LogP contribution is 2.35. The van der Waals surface area contributed by atoms with Crippen LogP contribution in [0.4, 0.5) is 5.69 Å². The molecule has 92 valence electrons. The average molecular weight is 263 g/mol. The lowest BCUT2D eigenvalue weighted by Gasteiger charge is -2.04. The van der Waals surface area contributed by atoms with Crippen molar-refractivity contribution >= 4 is 34.2 Å². The maximum absolute atomic E-state index is 11.1. The van der Waals surface area contributed by atoms with Crippen molar-refractivity contribution in [3.05, 3.63) is 46.5 Å². The van der Waals surface area contributed by atoms with Crippen LogP contribution in [0.3, 0.4) is 0 Å². The van der Waals surface area contributed by atoms with Crippen LogP contribution in [0.25, 0.3) is 10.8 Å². The van der Waals surface area contributed by atoms with Gasteiger partial charge in [-0.1, -0.05) is 24.3 Å². The van der Waals surface area contributed by atoms with E-state index in [0.29, 0.717) is 10.3 Å². The van der Waals surface area contributed by atoms with Gasteiger partial charge in [-0.05, 0) is 17.5 Å². The highest BCUT2D eigenvalue weighted by atomic mass is 32.2. The lowest BCUT2D eigenvalue weighted by atomic mass is 10.1. The number of fused-ring (bicyclic) bond motifs is 1. The zero-order valence-corrected chi connectivity index (χ0v) is 10.0. The van der Waals surface area contributed by atoms with E-state index in [1.807, 2.05) is 0 Å². The second-order valence-electron chi connectivity index (χ2n) is 3.57. The zero-order valence-electron chi connectivity index (χ0n) is 9.20. The molecule has 0 saturated carbocycles. The molecule has 0 aliphatic rings. The molecule has 0 spiro atoms. The van der Waals surface area contributed by atoms with E-state index >= 15 is 0 Å². The van der Waals surface area contributed by atoms with Crippen molar-refractivity contribution < 1.29 is 14.8 Å². The second kappa shape index (κ2) is 5.05. The lowest BCUT2D eigenvalue weighted by molar-refractivity contribution is -0.385. The maximum Gasteiger partial charge on any atom is 0.313 e. The first-order valence-electron chi connectivity index (χ1n) is 5.10. The van der Waals surface area contributed by atoms with Crippen LogP contribution >= 0.6 is 11.8 Å². The Hall–Kier alpha value is -2.08. The number of carboxylic acid groups (broad SMARTS) is 1. The van der Waals surface area contributed by atoms with Crippen LogP contribution in [0.5, 0.6) is 0 Å². The largest absolute Gasteiger partial charge is 0.481 e. The van der Waals surface area contributed by atoms with E-state index in [1.165, 1.54) is 0 Å². The molecule has 6 heteroatoms. The number of aliphatic carboxylic acids is 1. The SMILES string of the molecule is O=C(O)CSc1ccc2ccccc2c1[N+](=O)[O-]. The van der Waals surface area contributed by atoms with Gasteiger partial charge in [0, 0.05) is 0 Å². The first-order chi connectivity index (χ1) is 8.59. The number of benzene rings is 2. The highest BCUT2D eigenvalue weighted by molar-refractivity contribution is 8.00. The molecule has 0 atom stereocenters. The van der Waals surface area contributed by atoms with E-state index in [-0.39, 0.29) is 11.4 Å². The van der Waals surface area contributed by atoms with Crippen LogP contribution in [-0.4, -0.2) is 21.8 Å².